The van der Waals surface area contributed by atoms with Crippen molar-refractivity contribution in [3.8, 4) is 0 Å². The van der Waals surface area contributed by atoms with Crippen LogP contribution >= 0.6 is 0 Å². The summed E-state index contributed by atoms with van der Waals surface area (Å²) in [6, 6.07) is 0. The molecular weight excluding hydrogens is 280 g/mol. The first-order valence-corrected chi connectivity index (χ1v) is 7.96. The lowest BCUT2D eigenvalue weighted by Gasteiger charge is -2.17. The average Bonchev–Trinajstić information content (AvgIpc) is 3.12. The third kappa shape index (κ3) is 1.73. The van der Waals surface area contributed by atoms with E-state index in [9.17, 15) is 9.59 Å². The largest absolute Gasteiger partial charge is 0.327 e. The van der Waals surface area contributed by atoms with Crippen molar-refractivity contribution in [2.45, 2.75) is 52.1 Å². The lowest BCUT2D eigenvalue weighted by atomic mass is 9.98. The van der Waals surface area contributed by atoms with Crippen molar-refractivity contribution in [2.75, 3.05) is 0 Å². The van der Waals surface area contributed by atoms with Crippen molar-refractivity contribution >= 4 is 11.6 Å². The van der Waals surface area contributed by atoms with Crippen molar-refractivity contribution in [3.63, 3.8) is 0 Å². The Labute approximate surface area is 128 Å². The molecule has 0 aromatic carbocycles. The zero-order valence-electron chi connectivity index (χ0n) is 12.6. The number of aryl methyl sites for hydroxylation is 2. The van der Waals surface area contributed by atoms with Gasteiger partial charge in [-0.05, 0) is 19.3 Å². The minimum Gasteiger partial charge on any atom is -0.327 e. The Balaban J connectivity index is 1.85. The van der Waals surface area contributed by atoms with Crippen LogP contribution in [0.5, 0.6) is 0 Å². The van der Waals surface area contributed by atoms with Gasteiger partial charge in [-0.3, -0.25) is 9.59 Å². The Morgan fingerprint density at radius 3 is 2.77 bits per heavy atom. The summed E-state index contributed by atoms with van der Waals surface area (Å²) >= 11 is 0. The fourth-order valence-corrected chi connectivity index (χ4v) is 3.38. The minimum atomic E-state index is -0.153. The number of hydrogen-bond donors (Lipinski definition) is 0. The Hall–Kier alpha value is -2.24. The number of aromatic nitrogens is 4. The van der Waals surface area contributed by atoms with Gasteiger partial charge in [0.2, 0.25) is 11.6 Å². The predicted octanol–water partition coefficient (Wildman–Crippen LogP) is 1.99. The second-order valence-electron chi connectivity index (χ2n) is 5.98. The first kappa shape index (κ1) is 13.4. The summed E-state index contributed by atoms with van der Waals surface area (Å²) in [6.45, 7) is 3.57. The third-order valence-electron chi connectivity index (χ3n) is 4.53. The number of carbonyl (C=O) groups excluding carboxylic acids is 2. The quantitative estimate of drug-likeness (QED) is 0.741. The Morgan fingerprint density at radius 2 is 1.95 bits per heavy atom. The molecule has 2 aromatic heterocycles. The van der Waals surface area contributed by atoms with E-state index in [0.29, 0.717) is 29.3 Å². The average molecular weight is 298 g/mol. The van der Waals surface area contributed by atoms with Gasteiger partial charge in [0.15, 0.2) is 0 Å². The van der Waals surface area contributed by atoms with Gasteiger partial charge in [0.05, 0.1) is 6.33 Å². The highest BCUT2D eigenvalue weighted by molar-refractivity contribution is 6.25. The van der Waals surface area contributed by atoms with E-state index in [1.165, 1.54) is 0 Å². The first-order chi connectivity index (χ1) is 10.7. The molecule has 1 aliphatic heterocycles. The molecule has 0 fully saturated rings. The zero-order valence-corrected chi connectivity index (χ0v) is 12.6. The molecule has 6 nitrogen and oxygen atoms in total. The summed E-state index contributed by atoms with van der Waals surface area (Å²) in [4.78, 5) is 34.3. The topological polar surface area (TPSA) is 69.8 Å². The van der Waals surface area contributed by atoms with E-state index in [-0.39, 0.29) is 11.6 Å². The molecule has 4 rings (SSSR count). The summed E-state index contributed by atoms with van der Waals surface area (Å²) in [7, 11) is 0. The summed E-state index contributed by atoms with van der Waals surface area (Å²) in [5.74, 6) is 0.559. The molecule has 3 heterocycles. The van der Waals surface area contributed by atoms with Gasteiger partial charge in [0.25, 0.3) is 0 Å². The molecule has 114 valence electrons. The number of fused-ring (bicyclic) bond motifs is 4. The monoisotopic (exact) mass is 298 g/mol. The molecule has 0 spiro atoms. The lowest BCUT2D eigenvalue weighted by Crippen LogP contribution is -2.26. The van der Waals surface area contributed by atoms with Crippen LogP contribution in [0.15, 0.2) is 6.33 Å². The van der Waals surface area contributed by atoms with Crippen LogP contribution in [0.2, 0.25) is 0 Å². The first-order valence-electron chi connectivity index (χ1n) is 7.96. The summed E-state index contributed by atoms with van der Waals surface area (Å²) < 4.78 is 3.73. The number of imidazole rings is 2. The van der Waals surface area contributed by atoms with Crippen molar-refractivity contribution in [3.05, 3.63) is 34.9 Å². The zero-order chi connectivity index (χ0) is 15.3. The number of hydrogen-bond acceptors (Lipinski definition) is 4. The maximum atomic E-state index is 12.8. The molecule has 22 heavy (non-hydrogen) atoms. The van der Waals surface area contributed by atoms with E-state index in [1.54, 1.807) is 10.9 Å². The van der Waals surface area contributed by atoms with E-state index in [0.717, 1.165) is 44.5 Å². The smallest absolute Gasteiger partial charge is 0.232 e. The molecule has 0 bridgehead atoms. The van der Waals surface area contributed by atoms with E-state index < -0.39 is 0 Å². The van der Waals surface area contributed by atoms with Crippen LogP contribution in [0.1, 0.15) is 70.8 Å². The Kier molecular flexibility index (Phi) is 2.99. The summed E-state index contributed by atoms with van der Waals surface area (Å²) in [6.07, 6.45) is 6.51. The fraction of sp³-hybridized carbons (Fsp3) is 0.500. The number of carbonyl (C=O) groups is 2. The standard InChI is InChI=1S/C16H18N4O2/c1-2-3-7-19-9-17-11-13(19)16(22)12-14(15(11)21)20-8-5-4-6-10(20)18-12/h9H,2-8H2,1H3. The second kappa shape index (κ2) is 4.90. The molecule has 0 unspecified atom stereocenters. The number of ketones is 2. The highest BCUT2D eigenvalue weighted by Crippen LogP contribution is 2.29. The van der Waals surface area contributed by atoms with Crippen LogP contribution in [-0.4, -0.2) is 30.7 Å². The molecule has 0 saturated carbocycles. The van der Waals surface area contributed by atoms with Crippen LogP contribution in [-0.2, 0) is 19.5 Å². The van der Waals surface area contributed by atoms with Gasteiger partial charge in [0.1, 0.15) is 28.6 Å². The Bertz CT molecular complexity index is 784. The highest BCUT2D eigenvalue weighted by atomic mass is 16.1. The number of nitrogens with zero attached hydrogens (tertiary/aromatic N) is 4. The second-order valence-corrected chi connectivity index (χ2v) is 5.98. The van der Waals surface area contributed by atoms with Gasteiger partial charge in [-0.1, -0.05) is 13.3 Å². The van der Waals surface area contributed by atoms with E-state index in [2.05, 4.69) is 16.9 Å². The molecule has 0 amide bonds. The predicted molar refractivity (Wildman–Crippen MR) is 79.2 cm³/mol. The van der Waals surface area contributed by atoms with Crippen molar-refractivity contribution in [1.82, 2.24) is 19.1 Å². The van der Waals surface area contributed by atoms with Crippen molar-refractivity contribution in [1.29, 1.82) is 0 Å². The minimum absolute atomic E-state index is 0.152. The highest BCUT2D eigenvalue weighted by Gasteiger charge is 2.39. The molecule has 0 atom stereocenters. The van der Waals surface area contributed by atoms with Gasteiger partial charge in [-0.25, -0.2) is 9.97 Å². The Morgan fingerprint density at radius 1 is 1.14 bits per heavy atom. The molecule has 0 saturated heterocycles. The fourth-order valence-electron chi connectivity index (χ4n) is 3.38. The third-order valence-corrected chi connectivity index (χ3v) is 4.53. The van der Waals surface area contributed by atoms with Gasteiger partial charge in [0, 0.05) is 19.5 Å². The van der Waals surface area contributed by atoms with Gasteiger partial charge in [-0.2, -0.15) is 0 Å². The lowest BCUT2D eigenvalue weighted by molar-refractivity contribution is 0.0962. The van der Waals surface area contributed by atoms with Crippen LogP contribution in [0, 0.1) is 0 Å². The normalized spacial score (nSPS) is 16.4. The maximum Gasteiger partial charge on any atom is 0.232 e. The van der Waals surface area contributed by atoms with Gasteiger partial charge >= 0.3 is 0 Å². The molecular formula is C16H18N4O2. The summed E-state index contributed by atoms with van der Waals surface area (Å²) in [5, 5.41) is 0. The molecule has 6 heteroatoms. The van der Waals surface area contributed by atoms with E-state index in [4.69, 9.17) is 0 Å². The molecule has 2 aromatic rings. The van der Waals surface area contributed by atoms with Gasteiger partial charge < -0.3 is 9.13 Å². The van der Waals surface area contributed by atoms with Crippen LogP contribution in [0.25, 0.3) is 0 Å². The van der Waals surface area contributed by atoms with Crippen LogP contribution in [0.4, 0.5) is 0 Å². The summed E-state index contributed by atoms with van der Waals surface area (Å²) in [5.41, 5.74) is 1.49. The molecule has 1 aliphatic carbocycles. The SMILES string of the molecule is CCCCn1cnc2c1C(=O)c1nc3n(c1C2=O)CCCC3. The number of rotatable bonds is 3. The van der Waals surface area contributed by atoms with Crippen LogP contribution < -0.4 is 0 Å². The molecule has 0 N–H and O–H groups in total. The molecule has 2 aliphatic rings. The van der Waals surface area contributed by atoms with Gasteiger partial charge in [-0.15, -0.1) is 0 Å². The van der Waals surface area contributed by atoms with E-state index >= 15 is 0 Å². The maximum absolute atomic E-state index is 12.8. The van der Waals surface area contributed by atoms with Crippen molar-refractivity contribution in [2.24, 2.45) is 0 Å². The van der Waals surface area contributed by atoms with Crippen molar-refractivity contribution < 1.29 is 9.59 Å². The van der Waals surface area contributed by atoms with E-state index in [1.807, 2.05) is 4.57 Å². The number of unbranched alkanes of at least 4 members (excludes halogenated alkanes) is 1. The molecule has 0 radical (unpaired) electrons. The van der Waals surface area contributed by atoms with Crippen LogP contribution in [0.3, 0.4) is 0 Å².